The van der Waals surface area contributed by atoms with Crippen LogP contribution in [0.1, 0.15) is 22.4 Å². The third kappa shape index (κ3) is 3.91. The molecule has 4 rings (SSSR count). The summed E-state index contributed by atoms with van der Waals surface area (Å²) in [6.07, 6.45) is -1.29. The van der Waals surface area contributed by atoms with E-state index in [1.165, 1.54) is 34.3 Å². The molecule has 0 saturated heterocycles. The van der Waals surface area contributed by atoms with Crippen molar-refractivity contribution >= 4 is 33.3 Å². The third-order valence-corrected chi connectivity index (χ3v) is 6.89. The van der Waals surface area contributed by atoms with E-state index in [1.54, 1.807) is 35.1 Å². The first kappa shape index (κ1) is 19.3. The summed E-state index contributed by atoms with van der Waals surface area (Å²) < 4.78 is 42.9. The molecule has 1 aliphatic rings. The molecule has 2 aromatic heterocycles. The average Bonchev–Trinajstić information content (AvgIpc) is 3.22. The van der Waals surface area contributed by atoms with Gasteiger partial charge in [-0.1, -0.05) is 23.9 Å². The molecule has 148 valence electrons. The summed E-state index contributed by atoms with van der Waals surface area (Å²) in [5.74, 6) is 0.724. The first-order valence-electron chi connectivity index (χ1n) is 8.74. The largest absolute Gasteiger partial charge is 0.484 e. The minimum Gasteiger partial charge on any atom is -0.484 e. The Morgan fingerprint density at radius 1 is 1.25 bits per heavy atom. The van der Waals surface area contributed by atoms with Crippen molar-refractivity contribution in [2.45, 2.75) is 36.3 Å². The normalized spacial score (nSPS) is 13.9. The number of aromatic nitrogens is 2. The Hall–Kier alpha value is -2.00. The Morgan fingerprint density at radius 3 is 2.71 bits per heavy atom. The standard InChI is InChI=1S/C19H17F3N2O2S2/c1-24-17(25)15-13-3-2-4-14(13)28-16(15)23-18(24)27-9-11-5-7-12(8-6-11)26-10-19(20,21)22/h5-8H,2-4,9-10H2,1H3. The number of ether oxygens (including phenoxy) is 1. The van der Waals surface area contributed by atoms with E-state index in [0.717, 1.165) is 35.0 Å². The molecule has 0 spiro atoms. The SMILES string of the molecule is Cn1c(SCc2ccc(OCC(F)(F)F)cc2)nc2sc3c(c2c1=O)CCC3. The molecule has 2 heterocycles. The van der Waals surface area contributed by atoms with E-state index in [2.05, 4.69) is 4.98 Å². The lowest BCUT2D eigenvalue weighted by atomic mass is 10.2. The molecule has 0 bridgehead atoms. The maximum absolute atomic E-state index is 12.8. The summed E-state index contributed by atoms with van der Waals surface area (Å²) in [6.45, 7) is -1.31. The van der Waals surface area contributed by atoms with Gasteiger partial charge in [-0.25, -0.2) is 4.98 Å². The first-order valence-corrected chi connectivity index (χ1v) is 10.5. The first-order chi connectivity index (χ1) is 13.3. The van der Waals surface area contributed by atoms with Gasteiger partial charge in [0.15, 0.2) is 11.8 Å². The fraction of sp³-hybridized carbons (Fsp3) is 0.368. The topological polar surface area (TPSA) is 44.1 Å². The van der Waals surface area contributed by atoms with Crippen molar-refractivity contribution in [2.75, 3.05) is 6.61 Å². The minimum absolute atomic E-state index is 0.0113. The Balaban J connectivity index is 1.48. The number of hydrogen-bond donors (Lipinski definition) is 0. The van der Waals surface area contributed by atoms with Crippen molar-refractivity contribution < 1.29 is 17.9 Å². The van der Waals surface area contributed by atoms with Crippen LogP contribution in [-0.2, 0) is 25.6 Å². The number of alkyl halides is 3. The summed E-state index contributed by atoms with van der Waals surface area (Å²) >= 11 is 3.04. The zero-order valence-electron chi connectivity index (χ0n) is 15.0. The van der Waals surface area contributed by atoms with Crippen LogP contribution in [0.15, 0.2) is 34.2 Å². The van der Waals surface area contributed by atoms with E-state index in [9.17, 15) is 18.0 Å². The summed E-state index contributed by atoms with van der Waals surface area (Å²) in [6, 6.07) is 6.46. The van der Waals surface area contributed by atoms with Gasteiger partial charge in [0.2, 0.25) is 0 Å². The zero-order chi connectivity index (χ0) is 19.9. The van der Waals surface area contributed by atoms with Crippen LogP contribution < -0.4 is 10.3 Å². The van der Waals surface area contributed by atoms with Crippen LogP contribution in [0, 0.1) is 0 Å². The monoisotopic (exact) mass is 426 g/mol. The van der Waals surface area contributed by atoms with E-state index in [0.29, 0.717) is 10.9 Å². The van der Waals surface area contributed by atoms with Crippen molar-refractivity contribution in [1.82, 2.24) is 9.55 Å². The van der Waals surface area contributed by atoms with Crippen LogP contribution in [-0.4, -0.2) is 22.3 Å². The van der Waals surface area contributed by atoms with E-state index < -0.39 is 12.8 Å². The van der Waals surface area contributed by atoms with Crippen molar-refractivity contribution in [1.29, 1.82) is 0 Å². The molecule has 0 amide bonds. The molecule has 1 aromatic carbocycles. The predicted molar refractivity (Wildman–Crippen MR) is 104 cm³/mol. The molecule has 0 saturated carbocycles. The second kappa shape index (κ2) is 7.44. The van der Waals surface area contributed by atoms with E-state index in [-0.39, 0.29) is 11.3 Å². The van der Waals surface area contributed by atoms with Gasteiger partial charge < -0.3 is 4.74 Å². The van der Waals surface area contributed by atoms with Gasteiger partial charge in [0.1, 0.15) is 10.6 Å². The van der Waals surface area contributed by atoms with Gasteiger partial charge in [0.25, 0.3) is 5.56 Å². The highest BCUT2D eigenvalue weighted by atomic mass is 32.2. The fourth-order valence-corrected chi connectivity index (χ4v) is 5.46. The van der Waals surface area contributed by atoms with Crippen LogP contribution >= 0.6 is 23.1 Å². The summed E-state index contributed by atoms with van der Waals surface area (Å²) in [5, 5.41) is 1.39. The zero-order valence-corrected chi connectivity index (χ0v) is 16.6. The number of halogens is 3. The third-order valence-electron chi connectivity index (χ3n) is 4.60. The second-order valence-corrected chi connectivity index (χ2v) is 8.66. The van der Waals surface area contributed by atoms with Crippen LogP contribution in [0.4, 0.5) is 13.2 Å². The lowest BCUT2D eigenvalue weighted by molar-refractivity contribution is -0.153. The van der Waals surface area contributed by atoms with Gasteiger partial charge in [-0.3, -0.25) is 9.36 Å². The molecule has 28 heavy (non-hydrogen) atoms. The number of thioether (sulfide) groups is 1. The molecule has 9 heteroatoms. The van der Waals surface area contributed by atoms with Gasteiger partial charge in [0.05, 0.1) is 5.39 Å². The Kier molecular flexibility index (Phi) is 5.13. The lowest BCUT2D eigenvalue weighted by Gasteiger charge is -2.10. The molecule has 1 aliphatic carbocycles. The fourth-order valence-electron chi connectivity index (χ4n) is 3.23. The maximum atomic E-state index is 12.8. The van der Waals surface area contributed by atoms with Crippen LogP contribution in [0.25, 0.3) is 10.2 Å². The number of hydrogen-bond acceptors (Lipinski definition) is 5. The molecular weight excluding hydrogens is 409 g/mol. The van der Waals surface area contributed by atoms with Gasteiger partial charge in [-0.15, -0.1) is 11.3 Å². The highest BCUT2D eigenvalue weighted by Gasteiger charge is 2.28. The quantitative estimate of drug-likeness (QED) is 0.438. The van der Waals surface area contributed by atoms with Crippen LogP contribution in [0.2, 0.25) is 0 Å². The molecule has 0 unspecified atom stereocenters. The highest BCUT2D eigenvalue weighted by molar-refractivity contribution is 7.98. The average molecular weight is 426 g/mol. The lowest BCUT2D eigenvalue weighted by Crippen LogP contribution is -2.20. The number of fused-ring (bicyclic) bond motifs is 3. The Morgan fingerprint density at radius 2 is 2.00 bits per heavy atom. The van der Waals surface area contributed by atoms with Crippen LogP contribution in [0.5, 0.6) is 5.75 Å². The number of benzene rings is 1. The summed E-state index contributed by atoms with van der Waals surface area (Å²) in [4.78, 5) is 19.5. The Bertz CT molecular complexity index is 1070. The number of rotatable bonds is 5. The van der Waals surface area contributed by atoms with Crippen molar-refractivity contribution in [3.63, 3.8) is 0 Å². The molecule has 0 radical (unpaired) electrons. The van der Waals surface area contributed by atoms with Gasteiger partial charge >= 0.3 is 6.18 Å². The van der Waals surface area contributed by atoms with E-state index in [4.69, 9.17) is 4.74 Å². The van der Waals surface area contributed by atoms with Crippen molar-refractivity contribution in [3.8, 4) is 5.75 Å². The van der Waals surface area contributed by atoms with Gasteiger partial charge in [-0.05, 0) is 42.5 Å². The van der Waals surface area contributed by atoms with Crippen LogP contribution in [0.3, 0.4) is 0 Å². The van der Waals surface area contributed by atoms with Crippen molar-refractivity contribution in [2.24, 2.45) is 7.05 Å². The molecule has 3 aromatic rings. The number of thiophene rings is 1. The molecule has 0 N–H and O–H groups in total. The second-order valence-electron chi connectivity index (χ2n) is 6.63. The Labute approximate surface area is 167 Å². The highest BCUT2D eigenvalue weighted by Crippen LogP contribution is 2.35. The van der Waals surface area contributed by atoms with Gasteiger partial charge in [0, 0.05) is 17.7 Å². The smallest absolute Gasteiger partial charge is 0.422 e. The number of nitrogens with zero attached hydrogens (tertiary/aromatic N) is 2. The molecule has 0 aliphatic heterocycles. The number of aryl methyl sites for hydroxylation is 2. The summed E-state index contributed by atoms with van der Waals surface area (Å²) in [7, 11) is 1.73. The molecule has 4 nitrogen and oxygen atoms in total. The van der Waals surface area contributed by atoms with Crippen molar-refractivity contribution in [3.05, 3.63) is 50.6 Å². The summed E-state index contributed by atoms with van der Waals surface area (Å²) in [5.41, 5.74) is 2.06. The maximum Gasteiger partial charge on any atom is 0.422 e. The molecular formula is C19H17F3N2O2S2. The van der Waals surface area contributed by atoms with E-state index in [1.807, 2.05) is 0 Å². The molecule has 0 fully saturated rings. The molecule has 0 atom stereocenters. The predicted octanol–water partition coefficient (Wildman–Crippen LogP) is 4.72. The van der Waals surface area contributed by atoms with Gasteiger partial charge in [-0.2, -0.15) is 13.2 Å². The van der Waals surface area contributed by atoms with E-state index >= 15 is 0 Å². The minimum atomic E-state index is -4.36.